The van der Waals surface area contributed by atoms with Crippen molar-refractivity contribution in [3.8, 4) is 0 Å². The second kappa shape index (κ2) is 11.9. The Morgan fingerprint density at radius 3 is 2.11 bits per heavy atom. The molecule has 0 N–H and O–H groups in total. The summed E-state index contributed by atoms with van der Waals surface area (Å²) in [5, 5.41) is 0. The van der Waals surface area contributed by atoms with E-state index in [1.54, 1.807) is 19.9 Å². The molecule has 0 heterocycles. The Labute approximate surface area is 164 Å². The van der Waals surface area contributed by atoms with E-state index in [2.05, 4.69) is 11.9 Å². The molecule has 1 saturated carbocycles. The molecule has 0 saturated heterocycles. The topological polar surface area (TPSA) is 29.4 Å². The number of halogens is 5. The van der Waals surface area contributed by atoms with Crippen LogP contribution in [0.3, 0.4) is 0 Å². The van der Waals surface area contributed by atoms with Crippen LogP contribution in [-0.4, -0.2) is 18.4 Å². The maximum absolute atomic E-state index is 12.9. The van der Waals surface area contributed by atoms with Crippen LogP contribution in [0.4, 0.5) is 27.6 Å². The minimum atomic E-state index is -4.28. The van der Waals surface area contributed by atoms with Gasteiger partial charge in [-0.3, -0.25) is 0 Å². The molecule has 0 radical (unpaired) electrons. The Morgan fingerprint density at radius 2 is 1.79 bits per heavy atom. The van der Waals surface area contributed by atoms with Crippen molar-refractivity contribution >= 4 is 17.9 Å². The van der Waals surface area contributed by atoms with Crippen LogP contribution in [-0.2, 0) is 4.79 Å². The predicted molar refractivity (Wildman–Crippen MR) is 103 cm³/mol. The second-order valence-corrected chi connectivity index (χ2v) is 7.51. The van der Waals surface area contributed by atoms with Crippen LogP contribution in [0.25, 0.3) is 0 Å². The van der Waals surface area contributed by atoms with Gasteiger partial charge in [0.25, 0.3) is 0 Å². The van der Waals surface area contributed by atoms with Crippen LogP contribution in [0.2, 0.25) is 0 Å². The van der Waals surface area contributed by atoms with Gasteiger partial charge in [-0.15, -0.1) is 0 Å². The van der Waals surface area contributed by atoms with E-state index in [1.165, 1.54) is 31.4 Å². The molecule has 2 nitrogen and oxygen atoms in total. The number of rotatable bonds is 4. The third-order valence-corrected chi connectivity index (χ3v) is 4.53. The highest BCUT2D eigenvalue weighted by molar-refractivity contribution is 5.78. The van der Waals surface area contributed by atoms with E-state index in [1.807, 2.05) is 0 Å². The van der Waals surface area contributed by atoms with E-state index in [9.17, 15) is 26.7 Å². The first-order chi connectivity index (χ1) is 12.9. The van der Waals surface area contributed by atoms with Gasteiger partial charge in [0.15, 0.2) is 5.97 Å². The summed E-state index contributed by atoms with van der Waals surface area (Å²) in [4.78, 5) is 13.4. The Kier molecular flexibility index (Phi) is 11.2. The average molecular weight is 407 g/mol. The summed E-state index contributed by atoms with van der Waals surface area (Å²) < 4.78 is 61.3. The molecule has 0 unspecified atom stereocenters. The van der Waals surface area contributed by atoms with Crippen LogP contribution in [0.15, 0.2) is 23.2 Å². The van der Waals surface area contributed by atoms with Crippen molar-refractivity contribution < 1.29 is 26.7 Å². The van der Waals surface area contributed by atoms with Crippen LogP contribution in [0, 0.1) is 24.1 Å². The van der Waals surface area contributed by atoms with E-state index >= 15 is 0 Å². The lowest BCUT2D eigenvalue weighted by Gasteiger charge is -2.24. The van der Waals surface area contributed by atoms with Crippen molar-refractivity contribution in [1.29, 1.82) is 0 Å². The zero-order valence-electron chi connectivity index (χ0n) is 17.2. The summed E-state index contributed by atoms with van der Waals surface area (Å²) in [5.41, 5.74) is -1.14. The van der Waals surface area contributed by atoms with Crippen LogP contribution in [0.5, 0.6) is 0 Å². The summed E-state index contributed by atoms with van der Waals surface area (Å²) in [6.07, 6.45) is 0.217. The second-order valence-electron chi connectivity index (χ2n) is 7.51. The SMILES string of the molecule is CC(C)(CC=O)C(F)(F)F.CC1CCC1.CCC(F)=Nc1cccc(F)c1C. The highest BCUT2D eigenvalue weighted by Crippen LogP contribution is 2.39. The van der Waals surface area contributed by atoms with Crippen LogP contribution in [0.1, 0.15) is 65.4 Å². The van der Waals surface area contributed by atoms with Gasteiger partial charge in [-0.1, -0.05) is 53.0 Å². The van der Waals surface area contributed by atoms with E-state index in [4.69, 9.17) is 0 Å². The lowest BCUT2D eigenvalue weighted by molar-refractivity contribution is -0.212. The number of carbonyl (C=O) groups excluding carboxylic acids is 1. The van der Waals surface area contributed by atoms with E-state index < -0.39 is 24.0 Å². The number of benzene rings is 1. The Balaban J connectivity index is 0.000000428. The third kappa shape index (κ3) is 9.42. The summed E-state index contributed by atoms with van der Waals surface area (Å²) in [6.45, 7) is 7.55. The predicted octanol–water partition coefficient (Wildman–Crippen LogP) is 7.51. The monoisotopic (exact) mass is 407 g/mol. The summed E-state index contributed by atoms with van der Waals surface area (Å²) in [5.74, 6) is 0.230. The fourth-order valence-corrected chi connectivity index (χ4v) is 1.86. The van der Waals surface area contributed by atoms with Gasteiger partial charge in [-0.2, -0.15) is 17.6 Å². The molecule has 0 spiro atoms. The molecule has 1 aromatic rings. The smallest absolute Gasteiger partial charge is 0.303 e. The fraction of sp³-hybridized carbons (Fsp3) is 0.619. The molecule has 1 fully saturated rings. The maximum atomic E-state index is 12.9. The molecule has 28 heavy (non-hydrogen) atoms. The minimum absolute atomic E-state index is 0.232. The Hall–Kier alpha value is -1.79. The molecule has 1 aromatic carbocycles. The van der Waals surface area contributed by atoms with E-state index in [0.717, 1.165) is 19.8 Å². The number of hydrogen-bond donors (Lipinski definition) is 0. The first-order valence-corrected chi connectivity index (χ1v) is 9.34. The quantitative estimate of drug-likeness (QED) is 0.288. The molecule has 0 bridgehead atoms. The van der Waals surface area contributed by atoms with Crippen molar-refractivity contribution in [1.82, 2.24) is 0 Å². The maximum Gasteiger partial charge on any atom is 0.394 e. The first-order valence-electron chi connectivity index (χ1n) is 9.34. The van der Waals surface area contributed by atoms with E-state index in [-0.39, 0.29) is 18.5 Å². The van der Waals surface area contributed by atoms with Crippen molar-refractivity contribution in [2.45, 2.75) is 72.9 Å². The highest BCUT2D eigenvalue weighted by atomic mass is 19.4. The lowest BCUT2D eigenvalue weighted by Crippen LogP contribution is -2.32. The normalized spacial score (nSPS) is 14.9. The van der Waals surface area contributed by atoms with Gasteiger partial charge in [0, 0.05) is 18.4 Å². The zero-order chi connectivity index (χ0) is 22.0. The number of hydrogen-bond acceptors (Lipinski definition) is 2. The van der Waals surface area contributed by atoms with Gasteiger partial charge >= 0.3 is 6.18 Å². The summed E-state index contributed by atoms with van der Waals surface area (Å²) >= 11 is 0. The first kappa shape index (κ1) is 26.2. The molecule has 0 amide bonds. The summed E-state index contributed by atoms with van der Waals surface area (Å²) in [7, 11) is 0. The fourth-order valence-electron chi connectivity index (χ4n) is 1.86. The van der Waals surface area contributed by atoms with Gasteiger partial charge in [0.1, 0.15) is 12.1 Å². The van der Waals surface area contributed by atoms with Crippen LogP contribution >= 0.6 is 0 Å². The number of carbonyl (C=O) groups is 1. The van der Waals surface area contributed by atoms with Crippen molar-refractivity contribution in [2.75, 3.05) is 0 Å². The van der Waals surface area contributed by atoms with Gasteiger partial charge in [-0.05, 0) is 25.0 Å². The number of aldehydes is 1. The molecule has 0 aliphatic heterocycles. The van der Waals surface area contributed by atoms with Crippen molar-refractivity contribution in [3.63, 3.8) is 0 Å². The van der Waals surface area contributed by atoms with Crippen LogP contribution < -0.4 is 0 Å². The molecule has 1 aliphatic carbocycles. The number of alkyl halides is 3. The highest BCUT2D eigenvalue weighted by Gasteiger charge is 2.46. The van der Waals surface area contributed by atoms with Gasteiger partial charge < -0.3 is 4.79 Å². The standard InChI is InChI=1S/C10H11F2N.C6H9F3O.C5H10/c1-3-10(12)13-9-6-4-5-8(11)7(9)2;1-5(2,3-4-10)6(7,8)9;1-5-3-2-4-5/h4-6H,3H2,1-2H3;4H,3H2,1-2H3;5H,2-4H2,1H3. The van der Waals surface area contributed by atoms with E-state index in [0.29, 0.717) is 11.3 Å². The molecule has 0 atom stereocenters. The summed E-state index contributed by atoms with van der Waals surface area (Å²) in [6, 6.07) is 4.44. The molecule has 1 aliphatic rings. The molecular formula is C21H30F5NO. The zero-order valence-corrected chi connectivity index (χ0v) is 17.2. The molecule has 2 rings (SSSR count). The molecule has 0 aromatic heterocycles. The van der Waals surface area contributed by atoms with Gasteiger partial charge in [0.2, 0.25) is 0 Å². The number of nitrogens with zero attached hydrogens (tertiary/aromatic N) is 1. The lowest BCUT2D eigenvalue weighted by atomic mass is 9.88. The molecular weight excluding hydrogens is 377 g/mol. The van der Waals surface area contributed by atoms with Gasteiger partial charge in [0.05, 0.1) is 11.1 Å². The molecule has 7 heteroatoms. The minimum Gasteiger partial charge on any atom is -0.303 e. The Morgan fingerprint density at radius 1 is 1.25 bits per heavy atom. The van der Waals surface area contributed by atoms with Crippen molar-refractivity contribution in [2.24, 2.45) is 16.3 Å². The average Bonchev–Trinajstić information content (AvgIpc) is 2.57. The Bertz CT molecular complexity index is 634. The molecule has 160 valence electrons. The van der Waals surface area contributed by atoms with Crippen molar-refractivity contribution in [3.05, 3.63) is 29.6 Å². The third-order valence-electron chi connectivity index (χ3n) is 4.53. The number of aliphatic imine (C=N–C) groups is 1. The largest absolute Gasteiger partial charge is 0.394 e. The van der Waals surface area contributed by atoms with Gasteiger partial charge in [-0.25, -0.2) is 9.38 Å².